The predicted octanol–water partition coefficient (Wildman–Crippen LogP) is 1.65. The van der Waals surface area contributed by atoms with Gasteiger partial charge in [-0.15, -0.1) is 24.0 Å². The molecule has 2 saturated heterocycles. The normalized spacial score (nSPS) is 35.2. The topological polar surface area (TPSA) is 59.9 Å². The number of hydrogen-bond donors (Lipinski definition) is 3. The number of aliphatic hydroxyl groups is 1. The van der Waals surface area contributed by atoms with Gasteiger partial charge in [0.1, 0.15) is 0 Å². The molecule has 3 unspecified atom stereocenters. The first-order valence-electron chi connectivity index (χ1n) is 8.70. The van der Waals surface area contributed by atoms with Gasteiger partial charge in [-0.1, -0.05) is 0 Å². The van der Waals surface area contributed by atoms with Gasteiger partial charge in [-0.05, 0) is 45.3 Å². The van der Waals surface area contributed by atoms with Crippen LogP contribution in [0.3, 0.4) is 0 Å². The van der Waals surface area contributed by atoms with Gasteiger partial charge in [0.05, 0.1) is 12.1 Å². The van der Waals surface area contributed by atoms with Crippen LogP contribution in [0.4, 0.5) is 0 Å². The van der Waals surface area contributed by atoms with Crippen molar-refractivity contribution in [3.63, 3.8) is 0 Å². The number of thioether (sulfide) groups is 1. The number of aliphatic imine (C=N–C) groups is 1. The summed E-state index contributed by atoms with van der Waals surface area (Å²) >= 11 is 1.82. The number of rotatable bonds is 5. The van der Waals surface area contributed by atoms with Gasteiger partial charge in [0.15, 0.2) is 5.96 Å². The molecule has 3 rings (SSSR count). The second-order valence-corrected chi connectivity index (χ2v) is 8.18. The van der Waals surface area contributed by atoms with Crippen molar-refractivity contribution in [3.8, 4) is 0 Å². The van der Waals surface area contributed by atoms with Crippen LogP contribution < -0.4 is 10.6 Å². The SMILES string of the molecule is CCNC(=NCC1(O)CCSC1)NC1CC(C)N(C2CC2)C1.I. The summed E-state index contributed by atoms with van der Waals surface area (Å²) < 4.78 is 0. The van der Waals surface area contributed by atoms with Gasteiger partial charge < -0.3 is 15.7 Å². The summed E-state index contributed by atoms with van der Waals surface area (Å²) in [6.45, 7) is 6.90. The van der Waals surface area contributed by atoms with Crippen LogP contribution >= 0.6 is 35.7 Å². The fraction of sp³-hybridized carbons (Fsp3) is 0.938. The molecule has 1 aliphatic carbocycles. The molecular weight excluding hydrogens is 423 g/mol. The third-order valence-corrected chi connectivity index (χ3v) is 6.17. The maximum atomic E-state index is 10.4. The van der Waals surface area contributed by atoms with E-state index in [1.807, 2.05) is 11.8 Å². The predicted molar refractivity (Wildman–Crippen MR) is 109 cm³/mol. The lowest BCUT2D eigenvalue weighted by atomic mass is 10.0. The van der Waals surface area contributed by atoms with E-state index in [-0.39, 0.29) is 24.0 Å². The highest BCUT2D eigenvalue weighted by Crippen LogP contribution is 2.33. The summed E-state index contributed by atoms with van der Waals surface area (Å²) in [6, 6.07) is 1.97. The summed E-state index contributed by atoms with van der Waals surface area (Å²) in [5.74, 6) is 2.72. The van der Waals surface area contributed by atoms with E-state index in [0.717, 1.165) is 43.0 Å². The van der Waals surface area contributed by atoms with Crippen LogP contribution in [0.25, 0.3) is 0 Å². The zero-order chi connectivity index (χ0) is 15.6. The van der Waals surface area contributed by atoms with Crippen molar-refractivity contribution in [2.75, 3.05) is 31.1 Å². The van der Waals surface area contributed by atoms with Crippen molar-refractivity contribution in [3.05, 3.63) is 0 Å². The third-order valence-electron chi connectivity index (χ3n) is 4.94. The van der Waals surface area contributed by atoms with Gasteiger partial charge in [0.25, 0.3) is 0 Å². The average Bonchev–Trinajstić information content (AvgIpc) is 3.14. The molecule has 0 spiro atoms. The monoisotopic (exact) mass is 454 g/mol. The molecule has 0 bridgehead atoms. The molecule has 2 heterocycles. The third kappa shape index (κ3) is 5.37. The first-order valence-corrected chi connectivity index (χ1v) is 9.86. The van der Waals surface area contributed by atoms with Crippen molar-refractivity contribution in [2.24, 2.45) is 4.99 Å². The molecule has 2 aliphatic heterocycles. The molecule has 3 aliphatic rings. The molecule has 3 atom stereocenters. The lowest BCUT2D eigenvalue weighted by Crippen LogP contribution is -2.46. The lowest BCUT2D eigenvalue weighted by molar-refractivity contribution is 0.0778. The summed E-state index contributed by atoms with van der Waals surface area (Å²) in [4.78, 5) is 7.30. The van der Waals surface area contributed by atoms with Crippen LogP contribution in [0.1, 0.15) is 39.5 Å². The van der Waals surface area contributed by atoms with Crippen LogP contribution in [0.15, 0.2) is 4.99 Å². The molecule has 23 heavy (non-hydrogen) atoms. The highest BCUT2D eigenvalue weighted by molar-refractivity contribution is 14.0. The number of hydrogen-bond acceptors (Lipinski definition) is 4. The van der Waals surface area contributed by atoms with Crippen LogP contribution in [0.2, 0.25) is 0 Å². The molecule has 0 amide bonds. The van der Waals surface area contributed by atoms with Gasteiger partial charge >= 0.3 is 0 Å². The van der Waals surface area contributed by atoms with Crippen molar-refractivity contribution < 1.29 is 5.11 Å². The van der Waals surface area contributed by atoms with Crippen molar-refractivity contribution >= 4 is 41.7 Å². The van der Waals surface area contributed by atoms with Gasteiger partial charge in [0, 0.05) is 37.0 Å². The molecule has 5 nitrogen and oxygen atoms in total. The molecule has 134 valence electrons. The van der Waals surface area contributed by atoms with Gasteiger partial charge in [-0.3, -0.25) is 9.89 Å². The first-order chi connectivity index (χ1) is 10.6. The van der Waals surface area contributed by atoms with Gasteiger partial charge in [0.2, 0.25) is 0 Å². The molecule has 0 aromatic heterocycles. The van der Waals surface area contributed by atoms with E-state index in [2.05, 4.69) is 34.4 Å². The highest BCUT2D eigenvalue weighted by Gasteiger charge is 2.39. The number of nitrogens with one attached hydrogen (secondary N) is 2. The maximum absolute atomic E-state index is 10.4. The summed E-state index contributed by atoms with van der Waals surface area (Å²) in [7, 11) is 0. The molecule has 7 heteroatoms. The fourth-order valence-corrected chi connectivity index (χ4v) is 4.82. The van der Waals surface area contributed by atoms with E-state index in [9.17, 15) is 5.11 Å². The van der Waals surface area contributed by atoms with E-state index >= 15 is 0 Å². The van der Waals surface area contributed by atoms with Crippen LogP contribution in [-0.4, -0.2) is 70.8 Å². The minimum absolute atomic E-state index is 0. The number of halogens is 1. The zero-order valence-electron chi connectivity index (χ0n) is 14.3. The Bertz CT molecular complexity index is 413. The molecule has 0 radical (unpaired) electrons. The maximum Gasteiger partial charge on any atom is 0.191 e. The quantitative estimate of drug-likeness (QED) is 0.335. The standard InChI is InChI=1S/C16H30N4OS.HI/c1-3-17-15(18-10-16(21)6-7-22-11-16)19-13-8-12(2)20(9-13)14-4-5-14;/h12-14,21H,3-11H2,1-2H3,(H2,17,18,19);1H. The van der Waals surface area contributed by atoms with E-state index in [4.69, 9.17) is 0 Å². The Morgan fingerprint density at radius 2 is 2.22 bits per heavy atom. The molecule has 1 saturated carbocycles. The molecular formula is C16H31IN4OS. The Morgan fingerprint density at radius 1 is 1.43 bits per heavy atom. The molecule has 3 fully saturated rings. The largest absolute Gasteiger partial charge is 0.387 e. The first kappa shape index (κ1) is 19.6. The Kier molecular flexibility index (Phi) is 7.31. The Hall–Kier alpha value is 0.270. The van der Waals surface area contributed by atoms with E-state index < -0.39 is 5.60 Å². The minimum Gasteiger partial charge on any atom is -0.387 e. The number of guanidine groups is 1. The van der Waals surface area contributed by atoms with Crippen molar-refractivity contribution in [1.29, 1.82) is 0 Å². The Balaban J connectivity index is 0.00000192. The van der Waals surface area contributed by atoms with Crippen molar-refractivity contribution in [2.45, 2.75) is 63.3 Å². The Morgan fingerprint density at radius 3 is 2.83 bits per heavy atom. The molecule has 3 N–H and O–H groups in total. The summed E-state index contributed by atoms with van der Waals surface area (Å²) in [5.41, 5.74) is -0.601. The molecule has 0 aromatic rings. The number of likely N-dealkylation sites (tertiary alicyclic amines) is 1. The van der Waals surface area contributed by atoms with Gasteiger partial charge in [-0.25, -0.2) is 0 Å². The summed E-state index contributed by atoms with van der Waals surface area (Å²) in [6.07, 6.45) is 4.78. The highest BCUT2D eigenvalue weighted by atomic mass is 127. The van der Waals surface area contributed by atoms with Crippen LogP contribution in [-0.2, 0) is 0 Å². The summed E-state index contributed by atoms with van der Waals surface area (Å²) in [5, 5.41) is 17.4. The van der Waals surface area contributed by atoms with Crippen LogP contribution in [0, 0.1) is 0 Å². The van der Waals surface area contributed by atoms with E-state index in [0.29, 0.717) is 18.6 Å². The second-order valence-electron chi connectivity index (χ2n) is 7.08. The van der Waals surface area contributed by atoms with E-state index in [1.54, 1.807) is 0 Å². The van der Waals surface area contributed by atoms with Gasteiger partial charge in [-0.2, -0.15) is 11.8 Å². The van der Waals surface area contributed by atoms with Crippen LogP contribution in [0.5, 0.6) is 0 Å². The average molecular weight is 454 g/mol. The Labute approximate surface area is 161 Å². The zero-order valence-corrected chi connectivity index (χ0v) is 17.4. The minimum atomic E-state index is -0.601. The van der Waals surface area contributed by atoms with Crippen molar-refractivity contribution in [1.82, 2.24) is 15.5 Å². The van der Waals surface area contributed by atoms with E-state index in [1.165, 1.54) is 19.3 Å². The molecule has 0 aromatic carbocycles. The lowest BCUT2D eigenvalue weighted by Gasteiger charge is -2.22. The number of nitrogens with zero attached hydrogens (tertiary/aromatic N) is 2. The fourth-order valence-electron chi connectivity index (χ4n) is 3.54. The smallest absolute Gasteiger partial charge is 0.191 e. The second kappa shape index (κ2) is 8.58.